The zero-order valence-electron chi connectivity index (χ0n) is 12.0. The minimum Gasteiger partial charge on any atom is -0.504 e. The summed E-state index contributed by atoms with van der Waals surface area (Å²) in [5.74, 6) is -0.129. The van der Waals surface area contributed by atoms with Crippen molar-refractivity contribution in [1.82, 2.24) is 0 Å². The van der Waals surface area contributed by atoms with Crippen LogP contribution in [0.3, 0.4) is 0 Å². The second kappa shape index (κ2) is 6.33. The summed E-state index contributed by atoms with van der Waals surface area (Å²) in [6, 6.07) is 15.7. The van der Waals surface area contributed by atoms with Gasteiger partial charge in [-0.3, -0.25) is 0 Å². The molecule has 2 aromatic rings. The lowest BCUT2D eigenvalue weighted by Crippen LogP contribution is -2.32. The van der Waals surface area contributed by atoms with Gasteiger partial charge in [0.1, 0.15) is 0 Å². The molecule has 0 saturated carbocycles. The molecule has 0 aliphatic heterocycles. The molecule has 106 valence electrons. The molecule has 0 aromatic heterocycles. The van der Waals surface area contributed by atoms with Gasteiger partial charge in [0.15, 0.2) is 11.5 Å². The minimum absolute atomic E-state index is 0.0571. The van der Waals surface area contributed by atoms with E-state index in [0.29, 0.717) is 6.04 Å². The summed E-state index contributed by atoms with van der Waals surface area (Å²) in [7, 11) is 0. The first kappa shape index (κ1) is 14.3. The quantitative estimate of drug-likeness (QED) is 0.817. The Hall–Kier alpha value is -2.16. The van der Waals surface area contributed by atoms with Crippen molar-refractivity contribution in [3.63, 3.8) is 0 Å². The monoisotopic (exact) mass is 271 g/mol. The molecule has 0 atom stereocenters. The lowest BCUT2D eigenvalue weighted by molar-refractivity contribution is 0.403. The summed E-state index contributed by atoms with van der Waals surface area (Å²) in [5, 5.41) is 18.9. The summed E-state index contributed by atoms with van der Waals surface area (Å²) in [4.78, 5) is 2.32. The standard InChI is InChI=1S/C17H21NO2/c1-13(2)18(15-6-4-3-5-7-15)11-10-14-8-9-16(19)17(20)12-14/h3-9,12-13,19-20H,10-11H2,1-2H3. The zero-order chi connectivity index (χ0) is 14.5. The van der Waals surface area contributed by atoms with Crippen molar-refractivity contribution < 1.29 is 10.2 Å². The average molecular weight is 271 g/mol. The molecular formula is C17H21NO2. The van der Waals surface area contributed by atoms with Gasteiger partial charge in [-0.1, -0.05) is 24.3 Å². The van der Waals surface area contributed by atoms with Crippen LogP contribution in [0.2, 0.25) is 0 Å². The Kier molecular flexibility index (Phi) is 4.51. The fourth-order valence-corrected chi connectivity index (χ4v) is 2.28. The van der Waals surface area contributed by atoms with E-state index in [1.165, 1.54) is 11.8 Å². The number of nitrogens with zero attached hydrogens (tertiary/aromatic N) is 1. The Labute approximate surface area is 120 Å². The zero-order valence-corrected chi connectivity index (χ0v) is 12.0. The molecule has 3 heteroatoms. The Morgan fingerprint density at radius 2 is 1.65 bits per heavy atom. The fraction of sp³-hybridized carbons (Fsp3) is 0.294. The maximum Gasteiger partial charge on any atom is 0.157 e. The van der Waals surface area contributed by atoms with E-state index in [4.69, 9.17) is 0 Å². The van der Waals surface area contributed by atoms with Gasteiger partial charge in [-0.15, -0.1) is 0 Å². The van der Waals surface area contributed by atoms with Gasteiger partial charge in [0.2, 0.25) is 0 Å². The van der Waals surface area contributed by atoms with Gasteiger partial charge in [-0.25, -0.2) is 0 Å². The molecule has 2 rings (SSSR count). The van der Waals surface area contributed by atoms with E-state index in [-0.39, 0.29) is 11.5 Å². The molecule has 0 spiro atoms. The molecule has 20 heavy (non-hydrogen) atoms. The number of para-hydroxylation sites is 1. The second-order valence-corrected chi connectivity index (χ2v) is 5.20. The summed E-state index contributed by atoms with van der Waals surface area (Å²) in [6.07, 6.45) is 0.820. The number of phenolic OH excluding ortho intramolecular Hbond substituents is 2. The summed E-state index contributed by atoms with van der Waals surface area (Å²) in [5.41, 5.74) is 2.22. The van der Waals surface area contributed by atoms with Crippen molar-refractivity contribution in [2.75, 3.05) is 11.4 Å². The molecule has 0 heterocycles. The topological polar surface area (TPSA) is 43.7 Å². The van der Waals surface area contributed by atoms with Crippen LogP contribution in [0, 0.1) is 0 Å². The van der Waals surface area contributed by atoms with E-state index in [1.54, 1.807) is 6.07 Å². The Morgan fingerprint density at radius 3 is 2.25 bits per heavy atom. The van der Waals surface area contributed by atoms with E-state index in [9.17, 15) is 10.2 Å². The molecule has 0 radical (unpaired) electrons. The first-order valence-electron chi connectivity index (χ1n) is 6.90. The second-order valence-electron chi connectivity index (χ2n) is 5.20. The molecule has 0 aliphatic rings. The van der Waals surface area contributed by atoms with Crippen molar-refractivity contribution in [3.05, 3.63) is 54.1 Å². The van der Waals surface area contributed by atoms with Gasteiger partial charge in [0, 0.05) is 18.3 Å². The maximum absolute atomic E-state index is 9.53. The molecule has 2 N–H and O–H groups in total. The Balaban J connectivity index is 2.08. The van der Waals surface area contributed by atoms with Gasteiger partial charge >= 0.3 is 0 Å². The van der Waals surface area contributed by atoms with Gasteiger partial charge in [0.25, 0.3) is 0 Å². The molecule has 2 aromatic carbocycles. The number of anilines is 1. The predicted molar refractivity (Wildman–Crippen MR) is 82.4 cm³/mol. The highest BCUT2D eigenvalue weighted by Gasteiger charge is 2.10. The smallest absolute Gasteiger partial charge is 0.157 e. The van der Waals surface area contributed by atoms with Crippen LogP contribution in [0.5, 0.6) is 11.5 Å². The molecular weight excluding hydrogens is 250 g/mol. The van der Waals surface area contributed by atoms with Crippen LogP contribution in [0.25, 0.3) is 0 Å². The highest BCUT2D eigenvalue weighted by molar-refractivity contribution is 5.47. The molecule has 0 fully saturated rings. The predicted octanol–water partition coefficient (Wildman–Crippen LogP) is 3.56. The van der Waals surface area contributed by atoms with Gasteiger partial charge in [-0.2, -0.15) is 0 Å². The average Bonchev–Trinajstić information content (AvgIpc) is 2.44. The van der Waals surface area contributed by atoms with Crippen LogP contribution in [-0.2, 0) is 6.42 Å². The molecule has 0 bridgehead atoms. The molecule has 3 nitrogen and oxygen atoms in total. The van der Waals surface area contributed by atoms with E-state index >= 15 is 0 Å². The van der Waals surface area contributed by atoms with Gasteiger partial charge in [0.05, 0.1) is 0 Å². The minimum atomic E-state index is -0.0717. The van der Waals surface area contributed by atoms with Crippen LogP contribution in [0.1, 0.15) is 19.4 Å². The lowest BCUT2D eigenvalue weighted by Gasteiger charge is -2.29. The van der Waals surface area contributed by atoms with Crippen LogP contribution in [-0.4, -0.2) is 22.8 Å². The van der Waals surface area contributed by atoms with Crippen molar-refractivity contribution in [3.8, 4) is 11.5 Å². The van der Waals surface area contributed by atoms with Crippen LogP contribution < -0.4 is 4.90 Å². The van der Waals surface area contributed by atoms with E-state index < -0.39 is 0 Å². The Bertz CT molecular complexity index is 552. The molecule has 0 aliphatic carbocycles. The number of phenols is 2. The summed E-state index contributed by atoms with van der Waals surface area (Å²) >= 11 is 0. The largest absolute Gasteiger partial charge is 0.504 e. The van der Waals surface area contributed by atoms with E-state index in [1.807, 2.05) is 24.3 Å². The number of hydrogen-bond acceptors (Lipinski definition) is 3. The van der Waals surface area contributed by atoms with Crippen LogP contribution in [0.15, 0.2) is 48.5 Å². The fourth-order valence-electron chi connectivity index (χ4n) is 2.28. The third kappa shape index (κ3) is 3.44. The van der Waals surface area contributed by atoms with Gasteiger partial charge in [-0.05, 0) is 50.1 Å². The van der Waals surface area contributed by atoms with Crippen molar-refractivity contribution in [2.45, 2.75) is 26.3 Å². The maximum atomic E-state index is 9.53. The third-order valence-corrected chi connectivity index (χ3v) is 3.39. The first-order chi connectivity index (χ1) is 9.58. The summed E-state index contributed by atoms with van der Waals surface area (Å²) in [6.45, 7) is 5.20. The van der Waals surface area contributed by atoms with Crippen LogP contribution in [0.4, 0.5) is 5.69 Å². The third-order valence-electron chi connectivity index (χ3n) is 3.39. The van der Waals surface area contributed by atoms with Crippen molar-refractivity contribution in [1.29, 1.82) is 0 Å². The number of rotatable bonds is 5. The number of aromatic hydroxyl groups is 2. The molecule has 0 amide bonds. The SMILES string of the molecule is CC(C)N(CCc1ccc(O)c(O)c1)c1ccccc1. The van der Waals surface area contributed by atoms with Crippen molar-refractivity contribution >= 4 is 5.69 Å². The Morgan fingerprint density at radius 1 is 0.950 bits per heavy atom. The molecule has 0 saturated heterocycles. The van der Waals surface area contributed by atoms with Gasteiger partial charge < -0.3 is 15.1 Å². The number of benzene rings is 2. The van der Waals surface area contributed by atoms with Crippen LogP contribution >= 0.6 is 0 Å². The highest BCUT2D eigenvalue weighted by atomic mass is 16.3. The summed E-state index contributed by atoms with van der Waals surface area (Å²) < 4.78 is 0. The highest BCUT2D eigenvalue weighted by Crippen LogP contribution is 2.25. The normalized spacial score (nSPS) is 10.8. The van der Waals surface area contributed by atoms with E-state index in [0.717, 1.165) is 18.5 Å². The first-order valence-corrected chi connectivity index (χ1v) is 6.90. The number of hydrogen-bond donors (Lipinski definition) is 2. The lowest BCUT2D eigenvalue weighted by atomic mass is 10.1. The van der Waals surface area contributed by atoms with Crippen molar-refractivity contribution in [2.24, 2.45) is 0 Å². The van der Waals surface area contributed by atoms with E-state index in [2.05, 4.69) is 30.9 Å². The molecule has 0 unspecified atom stereocenters.